The lowest BCUT2D eigenvalue weighted by Gasteiger charge is -2.09. The summed E-state index contributed by atoms with van der Waals surface area (Å²) in [6, 6.07) is 13.3. The summed E-state index contributed by atoms with van der Waals surface area (Å²) in [5.41, 5.74) is 4.31. The van der Waals surface area contributed by atoms with E-state index in [2.05, 4.69) is 54.6 Å². The van der Waals surface area contributed by atoms with Gasteiger partial charge in [-0.2, -0.15) is 0 Å². The first-order chi connectivity index (χ1) is 14.2. The first kappa shape index (κ1) is 20.6. The van der Waals surface area contributed by atoms with Gasteiger partial charge >= 0.3 is 0 Å². The molecule has 0 saturated heterocycles. The summed E-state index contributed by atoms with van der Waals surface area (Å²) in [5.74, 6) is 0.802. The summed E-state index contributed by atoms with van der Waals surface area (Å²) in [6.07, 6.45) is 3.84. The number of hydrogen-bond donors (Lipinski definition) is 1. The van der Waals surface area contributed by atoms with Crippen LogP contribution in [-0.2, 0) is 12.8 Å². The molecule has 1 amide bonds. The van der Waals surface area contributed by atoms with Gasteiger partial charge in [-0.3, -0.25) is 4.79 Å². The summed E-state index contributed by atoms with van der Waals surface area (Å²) in [6.45, 7) is 6.98. The molecule has 6 heteroatoms. The number of nitrogens with zero attached hydrogens (tertiary/aromatic N) is 2. The standard InChI is InChI=1S/C23H27N3O3/c1-4-7-14-28-19-12-10-18(11-13-19)23(27)24-22-21(25-29-26-22)20-15-16(5-2)8-9-17(20)6-3/h8-13,15H,4-7,14H2,1-3H3,(H,24,26,27). The zero-order valence-corrected chi connectivity index (χ0v) is 17.2. The normalized spacial score (nSPS) is 10.7. The number of ether oxygens (including phenoxy) is 1. The summed E-state index contributed by atoms with van der Waals surface area (Å²) in [4.78, 5) is 12.7. The molecule has 3 aromatic rings. The molecular weight excluding hydrogens is 366 g/mol. The summed E-state index contributed by atoms with van der Waals surface area (Å²) in [7, 11) is 0. The van der Waals surface area contributed by atoms with Crippen LogP contribution in [0.4, 0.5) is 5.82 Å². The maximum absolute atomic E-state index is 12.7. The third kappa shape index (κ3) is 5.02. The van der Waals surface area contributed by atoms with Crippen LogP contribution >= 0.6 is 0 Å². The van der Waals surface area contributed by atoms with Crippen molar-refractivity contribution in [1.82, 2.24) is 10.3 Å². The van der Waals surface area contributed by atoms with E-state index < -0.39 is 0 Å². The number of anilines is 1. The fraction of sp³-hybridized carbons (Fsp3) is 0.348. The fourth-order valence-electron chi connectivity index (χ4n) is 3.04. The Bertz CT molecular complexity index is 948. The van der Waals surface area contributed by atoms with Gasteiger partial charge in [0.2, 0.25) is 5.82 Å². The van der Waals surface area contributed by atoms with E-state index >= 15 is 0 Å². The first-order valence-electron chi connectivity index (χ1n) is 10.1. The van der Waals surface area contributed by atoms with E-state index in [1.165, 1.54) is 5.56 Å². The molecule has 1 N–H and O–H groups in total. The van der Waals surface area contributed by atoms with Crippen LogP contribution in [0.15, 0.2) is 47.1 Å². The van der Waals surface area contributed by atoms with Gasteiger partial charge in [-0.1, -0.05) is 39.3 Å². The van der Waals surface area contributed by atoms with E-state index in [4.69, 9.17) is 9.37 Å². The molecule has 0 saturated carbocycles. The zero-order valence-electron chi connectivity index (χ0n) is 17.2. The van der Waals surface area contributed by atoms with Crippen molar-refractivity contribution in [2.24, 2.45) is 0 Å². The van der Waals surface area contributed by atoms with Gasteiger partial charge in [0.05, 0.1) is 6.61 Å². The monoisotopic (exact) mass is 393 g/mol. The lowest BCUT2D eigenvalue weighted by atomic mass is 9.98. The van der Waals surface area contributed by atoms with Gasteiger partial charge in [-0.15, -0.1) is 0 Å². The third-order valence-corrected chi connectivity index (χ3v) is 4.82. The molecular formula is C23H27N3O3. The number of carbonyl (C=O) groups excluding carboxylic acids is 1. The summed E-state index contributed by atoms with van der Waals surface area (Å²) >= 11 is 0. The quantitative estimate of drug-likeness (QED) is 0.500. The lowest BCUT2D eigenvalue weighted by molar-refractivity contribution is 0.102. The van der Waals surface area contributed by atoms with Crippen LogP contribution in [0.25, 0.3) is 11.3 Å². The first-order valence-corrected chi connectivity index (χ1v) is 10.1. The van der Waals surface area contributed by atoms with Crippen molar-refractivity contribution in [3.05, 3.63) is 59.2 Å². The van der Waals surface area contributed by atoms with Crippen LogP contribution in [0.5, 0.6) is 5.75 Å². The van der Waals surface area contributed by atoms with Gasteiger partial charge in [-0.05, 0) is 71.0 Å². The molecule has 0 spiro atoms. The average molecular weight is 393 g/mol. The van der Waals surface area contributed by atoms with Gasteiger partial charge in [0.1, 0.15) is 5.75 Å². The molecule has 6 nitrogen and oxygen atoms in total. The molecule has 3 rings (SSSR count). The van der Waals surface area contributed by atoms with E-state index in [1.807, 2.05) is 0 Å². The predicted octanol–water partition coefficient (Wildman–Crippen LogP) is 5.29. The van der Waals surface area contributed by atoms with E-state index in [-0.39, 0.29) is 5.91 Å². The van der Waals surface area contributed by atoms with Gasteiger partial charge in [0.25, 0.3) is 5.91 Å². The Balaban J connectivity index is 1.77. The predicted molar refractivity (Wildman–Crippen MR) is 113 cm³/mol. The number of aryl methyl sites for hydroxylation is 2. The Morgan fingerprint density at radius 2 is 1.83 bits per heavy atom. The highest BCUT2D eigenvalue weighted by molar-refractivity contribution is 6.05. The van der Waals surface area contributed by atoms with Crippen LogP contribution in [0.2, 0.25) is 0 Å². The maximum atomic E-state index is 12.7. The molecule has 0 aliphatic rings. The minimum atomic E-state index is -0.272. The Hall–Kier alpha value is -3.15. The van der Waals surface area contributed by atoms with Crippen molar-refractivity contribution in [3.63, 3.8) is 0 Å². The molecule has 152 valence electrons. The van der Waals surface area contributed by atoms with Gasteiger partial charge < -0.3 is 10.1 Å². The second kappa shape index (κ2) is 9.87. The zero-order chi connectivity index (χ0) is 20.6. The van der Waals surface area contributed by atoms with Crippen LogP contribution < -0.4 is 10.1 Å². The Morgan fingerprint density at radius 1 is 1.03 bits per heavy atom. The number of unbranched alkanes of at least 4 members (excludes halogenated alkanes) is 1. The molecule has 0 aliphatic carbocycles. The Kier molecular flexibility index (Phi) is 7.00. The minimum Gasteiger partial charge on any atom is -0.494 e. The van der Waals surface area contributed by atoms with Crippen LogP contribution in [0, 0.1) is 0 Å². The SMILES string of the molecule is CCCCOc1ccc(C(=O)Nc2nonc2-c2cc(CC)ccc2CC)cc1. The number of nitrogens with one attached hydrogen (secondary N) is 1. The average Bonchev–Trinajstić information content (AvgIpc) is 3.21. The number of rotatable bonds is 9. The second-order valence-electron chi connectivity index (χ2n) is 6.84. The molecule has 0 atom stereocenters. The lowest BCUT2D eigenvalue weighted by Crippen LogP contribution is -2.13. The van der Waals surface area contributed by atoms with Crippen molar-refractivity contribution in [2.75, 3.05) is 11.9 Å². The Labute approximate surface area is 171 Å². The molecule has 0 fully saturated rings. The van der Waals surface area contributed by atoms with Crippen LogP contribution in [-0.4, -0.2) is 22.8 Å². The van der Waals surface area contributed by atoms with Crippen molar-refractivity contribution in [1.29, 1.82) is 0 Å². The number of carbonyl (C=O) groups is 1. The van der Waals surface area contributed by atoms with Crippen molar-refractivity contribution in [3.8, 4) is 17.0 Å². The summed E-state index contributed by atoms with van der Waals surface area (Å²) < 4.78 is 10.6. The summed E-state index contributed by atoms with van der Waals surface area (Å²) in [5, 5.41) is 10.8. The molecule has 0 radical (unpaired) electrons. The largest absolute Gasteiger partial charge is 0.494 e. The van der Waals surface area contributed by atoms with Crippen LogP contribution in [0.1, 0.15) is 55.1 Å². The van der Waals surface area contributed by atoms with Gasteiger partial charge in [0, 0.05) is 11.1 Å². The topological polar surface area (TPSA) is 77.2 Å². The third-order valence-electron chi connectivity index (χ3n) is 4.82. The molecule has 29 heavy (non-hydrogen) atoms. The highest BCUT2D eigenvalue weighted by atomic mass is 16.6. The molecule has 0 unspecified atom stereocenters. The number of amides is 1. The van der Waals surface area contributed by atoms with Crippen molar-refractivity contribution in [2.45, 2.75) is 46.5 Å². The number of hydrogen-bond acceptors (Lipinski definition) is 5. The van der Waals surface area contributed by atoms with E-state index in [0.717, 1.165) is 42.6 Å². The number of benzene rings is 2. The van der Waals surface area contributed by atoms with E-state index in [9.17, 15) is 4.79 Å². The molecule has 1 heterocycles. The van der Waals surface area contributed by atoms with E-state index in [1.54, 1.807) is 24.3 Å². The van der Waals surface area contributed by atoms with Crippen molar-refractivity contribution >= 4 is 11.7 Å². The smallest absolute Gasteiger partial charge is 0.256 e. The van der Waals surface area contributed by atoms with Gasteiger partial charge in [-0.25, -0.2) is 4.63 Å². The Morgan fingerprint density at radius 3 is 2.52 bits per heavy atom. The maximum Gasteiger partial charge on any atom is 0.256 e. The van der Waals surface area contributed by atoms with Crippen molar-refractivity contribution < 1.29 is 14.2 Å². The fourth-order valence-corrected chi connectivity index (χ4v) is 3.04. The molecule has 2 aromatic carbocycles. The van der Waals surface area contributed by atoms with Crippen LogP contribution in [0.3, 0.4) is 0 Å². The number of aromatic nitrogens is 2. The van der Waals surface area contributed by atoms with Gasteiger partial charge in [0.15, 0.2) is 5.69 Å². The molecule has 1 aromatic heterocycles. The van der Waals surface area contributed by atoms with E-state index in [0.29, 0.717) is 23.7 Å². The highest BCUT2D eigenvalue weighted by Gasteiger charge is 2.18. The molecule has 0 bridgehead atoms. The highest BCUT2D eigenvalue weighted by Crippen LogP contribution is 2.30. The second-order valence-corrected chi connectivity index (χ2v) is 6.84. The molecule has 0 aliphatic heterocycles. The minimum absolute atomic E-state index is 0.272.